The lowest BCUT2D eigenvalue weighted by Gasteiger charge is -2.41. The molecule has 1 aromatic rings. The van der Waals surface area contributed by atoms with Crippen molar-refractivity contribution in [3.8, 4) is 5.75 Å². The molecule has 0 fully saturated rings. The van der Waals surface area contributed by atoms with E-state index >= 15 is 0 Å². The zero-order valence-electron chi connectivity index (χ0n) is 26.8. The molecule has 0 spiro atoms. The normalized spacial score (nSPS) is 19.9. The van der Waals surface area contributed by atoms with Gasteiger partial charge in [0.05, 0.1) is 7.11 Å². The monoisotopic (exact) mass is 592 g/mol. The number of carboxylic acids is 1. The van der Waals surface area contributed by atoms with Crippen molar-refractivity contribution in [3.63, 3.8) is 0 Å². The van der Waals surface area contributed by atoms with Gasteiger partial charge in [-0.3, -0.25) is 4.79 Å². The maximum atomic E-state index is 13.6. The summed E-state index contributed by atoms with van der Waals surface area (Å²) in [4.78, 5) is 26.4. The Morgan fingerprint density at radius 3 is 1.92 bits per heavy atom. The molecule has 0 radical (unpaired) electrons. The van der Waals surface area contributed by atoms with Gasteiger partial charge >= 0.3 is 14.5 Å². The Morgan fingerprint density at radius 2 is 1.51 bits per heavy atom. The molecule has 0 saturated carbocycles. The van der Waals surface area contributed by atoms with Crippen molar-refractivity contribution in [2.45, 2.75) is 105 Å². The number of aliphatic carboxylic acids is 1. The van der Waals surface area contributed by atoms with Gasteiger partial charge in [0.15, 0.2) is 22.4 Å². The lowest BCUT2D eigenvalue weighted by molar-refractivity contribution is -0.136. The van der Waals surface area contributed by atoms with Crippen LogP contribution in [-0.4, -0.2) is 49.2 Å². The third kappa shape index (κ3) is 8.25. The number of carbonyl (C=O) groups is 2. The summed E-state index contributed by atoms with van der Waals surface area (Å²) in [5.41, 5.74) is 1.20. The summed E-state index contributed by atoms with van der Waals surface area (Å²) in [5, 5.41) is 10.4. The summed E-state index contributed by atoms with van der Waals surface area (Å²) in [6.45, 7) is 27.3. The van der Waals surface area contributed by atoms with E-state index < -0.39 is 42.0 Å². The Bertz CT molecular complexity index is 1100. The molecule has 0 bridgehead atoms. The van der Waals surface area contributed by atoms with Crippen molar-refractivity contribution in [3.05, 3.63) is 34.9 Å². The van der Waals surface area contributed by atoms with Gasteiger partial charge in [0.2, 0.25) is 0 Å². The Morgan fingerprint density at radius 1 is 1.00 bits per heavy atom. The van der Waals surface area contributed by atoms with Gasteiger partial charge in [-0.25, -0.2) is 4.79 Å². The third-order valence-electron chi connectivity index (χ3n) is 7.22. The molecule has 2 unspecified atom stereocenters. The first kappa shape index (κ1) is 33.7. The standard InChI is InChI=1S/C30H52O6Si3/c1-20(19-39(14,35-37(8,9)10)36-38(11,12)13)17-24-25(26(28(32)33)27(31)29(2,3)4)22-16-15-21(34-7)18-23(22)30(24,5)6/h15-16,18,20,24H,17,19H2,1-14H3,(H,32,33). The van der Waals surface area contributed by atoms with E-state index in [1.165, 1.54) is 0 Å². The maximum Gasteiger partial charge on any atom is 0.339 e. The first-order valence-electron chi connectivity index (χ1n) is 14.0. The van der Waals surface area contributed by atoms with Crippen LogP contribution in [0.15, 0.2) is 23.8 Å². The second-order valence-electron chi connectivity index (χ2n) is 15.0. The van der Waals surface area contributed by atoms with Gasteiger partial charge in [0.25, 0.3) is 0 Å². The van der Waals surface area contributed by atoms with Crippen molar-refractivity contribution in [1.29, 1.82) is 0 Å². The maximum absolute atomic E-state index is 13.6. The Balaban J connectivity index is 2.69. The molecule has 6 nitrogen and oxygen atoms in total. The Labute approximate surface area is 240 Å². The number of ketones is 1. The molecule has 1 aliphatic carbocycles. The summed E-state index contributed by atoms with van der Waals surface area (Å²) >= 11 is 0. The van der Waals surface area contributed by atoms with Crippen molar-refractivity contribution in [1.82, 2.24) is 0 Å². The van der Waals surface area contributed by atoms with Crippen LogP contribution in [0.5, 0.6) is 5.75 Å². The first-order valence-corrected chi connectivity index (χ1v) is 23.4. The highest BCUT2D eigenvalue weighted by Crippen LogP contribution is 2.55. The van der Waals surface area contributed by atoms with Crippen LogP contribution >= 0.6 is 0 Å². The minimum absolute atomic E-state index is 0.0894. The Hall–Kier alpha value is -1.53. The van der Waals surface area contributed by atoms with Crippen LogP contribution in [0.1, 0.15) is 59.1 Å². The van der Waals surface area contributed by atoms with Crippen LogP contribution in [0.4, 0.5) is 0 Å². The fraction of sp³-hybridized carbons (Fsp3) is 0.667. The van der Waals surface area contributed by atoms with Crippen molar-refractivity contribution < 1.29 is 27.7 Å². The van der Waals surface area contributed by atoms with Crippen molar-refractivity contribution in [2.24, 2.45) is 17.3 Å². The number of rotatable bonds is 11. The molecule has 0 heterocycles. The predicted molar refractivity (Wildman–Crippen MR) is 168 cm³/mol. The minimum Gasteiger partial charge on any atom is -0.497 e. The molecular weight excluding hydrogens is 541 g/mol. The van der Waals surface area contributed by atoms with Crippen molar-refractivity contribution >= 4 is 42.5 Å². The highest BCUT2D eigenvalue weighted by Gasteiger charge is 2.49. The SMILES string of the molecule is COc1ccc2c(c1)C(C)(C)C(CC(C)C[Si](C)(O[Si](C)(C)C)O[Si](C)(C)C)C2=C(C(=O)O)C(=O)C(C)(C)C. The van der Waals surface area contributed by atoms with Gasteiger partial charge in [-0.15, -0.1) is 0 Å². The quantitative estimate of drug-likeness (QED) is 0.122. The molecule has 9 heteroatoms. The number of Topliss-reactive ketones (excluding diaryl/α,β-unsaturated/α-hetero) is 1. The van der Waals surface area contributed by atoms with E-state index in [0.29, 0.717) is 5.57 Å². The Kier molecular flexibility index (Phi) is 9.84. The number of carboxylic acid groups (broad SMARTS) is 1. The van der Waals surface area contributed by atoms with E-state index in [0.717, 1.165) is 29.3 Å². The van der Waals surface area contributed by atoms with Gasteiger partial charge in [0, 0.05) is 5.41 Å². The number of benzene rings is 1. The summed E-state index contributed by atoms with van der Waals surface area (Å²) in [5.74, 6) is -0.745. The summed E-state index contributed by atoms with van der Waals surface area (Å²) in [6, 6.07) is 6.60. The fourth-order valence-electron chi connectivity index (χ4n) is 6.10. The molecule has 1 aromatic carbocycles. The number of hydrogen-bond donors (Lipinski definition) is 1. The van der Waals surface area contributed by atoms with E-state index in [4.69, 9.17) is 13.0 Å². The average Bonchev–Trinajstić information content (AvgIpc) is 2.90. The first-order chi connectivity index (χ1) is 17.4. The van der Waals surface area contributed by atoms with E-state index in [9.17, 15) is 14.7 Å². The van der Waals surface area contributed by atoms with Crippen LogP contribution in [0.25, 0.3) is 5.57 Å². The fourth-order valence-corrected chi connectivity index (χ4v) is 19.1. The molecule has 0 aromatic heterocycles. The highest BCUT2D eigenvalue weighted by molar-refractivity contribution is 6.87. The lowest BCUT2D eigenvalue weighted by atomic mass is 9.72. The zero-order chi connectivity index (χ0) is 30.4. The summed E-state index contributed by atoms with van der Waals surface area (Å²) in [6.07, 6.45) is 0.722. The van der Waals surface area contributed by atoms with E-state index in [1.807, 2.05) is 18.2 Å². The summed E-state index contributed by atoms with van der Waals surface area (Å²) in [7, 11) is -4.61. The topological polar surface area (TPSA) is 82.1 Å². The van der Waals surface area contributed by atoms with E-state index in [1.54, 1.807) is 27.9 Å². The number of hydrogen-bond acceptors (Lipinski definition) is 5. The molecule has 1 N–H and O–H groups in total. The molecule has 39 heavy (non-hydrogen) atoms. The lowest BCUT2D eigenvalue weighted by Crippen LogP contribution is -2.53. The number of ether oxygens (including phenoxy) is 1. The van der Waals surface area contributed by atoms with Crippen LogP contribution in [0, 0.1) is 17.3 Å². The molecule has 2 rings (SSSR count). The van der Waals surface area contributed by atoms with Gasteiger partial charge < -0.3 is 18.1 Å². The number of fused-ring (bicyclic) bond motifs is 1. The second kappa shape index (κ2) is 11.4. The molecular formula is C30H52O6Si3. The van der Waals surface area contributed by atoms with E-state index in [-0.39, 0.29) is 23.2 Å². The molecule has 1 aliphatic rings. The molecule has 220 valence electrons. The molecule has 2 atom stereocenters. The van der Waals surface area contributed by atoms with Crippen molar-refractivity contribution in [2.75, 3.05) is 7.11 Å². The smallest absolute Gasteiger partial charge is 0.339 e. The van der Waals surface area contributed by atoms with E-state index in [2.05, 4.69) is 66.6 Å². The minimum atomic E-state index is -2.51. The van der Waals surface area contributed by atoms with Gasteiger partial charge in [-0.05, 0) is 104 Å². The van der Waals surface area contributed by atoms with Gasteiger partial charge in [-0.2, -0.15) is 0 Å². The zero-order valence-corrected chi connectivity index (χ0v) is 29.8. The second-order valence-corrected chi connectivity index (χ2v) is 27.7. The van der Waals surface area contributed by atoms with Gasteiger partial charge in [0.1, 0.15) is 11.3 Å². The van der Waals surface area contributed by atoms with Crippen LogP contribution in [0.2, 0.25) is 51.9 Å². The molecule has 0 amide bonds. The number of carbonyl (C=O) groups excluding carboxylic acids is 1. The number of allylic oxidation sites excluding steroid dienone is 1. The highest BCUT2D eigenvalue weighted by atomic mass is 28.5. The average molecular weight is 593 g/mol. The predicted octanol–water partition coefficient (Wildman–Crippen LogP) is 7.86. The van der Waals surface area contributed by atoms with Gasteiger partial charge in [-0.1, -0.05) is 47.6 Å². The van der Waals surface area contributed by atoms with Crippen LogP contribution in [0.3, 0.4) is 0 Å². The van der Waals surface area contributed by atoms with Crippen LogP contribution < -0.4 is 4.74 Å². The van der Waals surface area contributed by atoms with Crippen LogP contribution in [-0.2, 0) is 23.2 Å². The molecule has 0 aliphatic heterocycles. The largest absolute Gasteiger partial charge is 0.497 e. The number of methoxy groups -OCH3 is 1. The summed E-state index contributed by atoms with van der Waals surface area (Å²) < 4.78 is 19.1. The molecule has 0 saturated heterocycles. The third-order valence-corrected chi connectivity index (χ3v) is 17.0.